The average molecular weight is 255 g/mol. The SMILES string of the molecule is Cc1nc2c(-c3ccccc3)c[nH]n2c(=S)c1C. The lowest BCUT2D eigenvalue weighted by Gasteiger charge is -2.03. The maximum absolute atomic E-state index is 5.44. The fourth-order valence-corrected chi connectivity index (χ4v) is 2.32. The highest BCUT2D eigenvalue weighted by atomic mass is 32.1. The lowest BCUT2D eigenvalue weighted by molar-refractivity contribution is 0.900. The highest BCUT2D eigenvalue weighted by Gasteiger charge is 2.10. The Labute approximate surface area is 110 Å². The van der Waals surface area contributed by atoms with Gasteiger partial charge < -0.3 is 0 Å². The molecule has 0 aliphatic carbocycles. The molecule has 1 aromatic carbocycles. The van der Waals surface area contributed by atoms with Crippen molar-refractivity contribution in [3.8, 4) is 11.1 Å². The van der Waals surface area contributed by atoms with Crippen molar-refractivity contribution < 1.29 is 0 Å². The zero-order chi connectivity index (χ0) is 12.7. The minimum absolute atomic E-state index is 0.791. The van der Waals surface area contributed by atoms with Crippen molar-refractivity contribution in [1.82, 2.24) is 14.6 Å². The third-order valence-electron chi connectivity index (χ3n) is 3.22. The fraction of sp³-hybridized carbons (Fsp3) is 0.143. The predicted molar refractivity (Wildman–Crippen MR) is 75.3 cm³/mol. The van der Waals surface area contributed by atoms with Gasteiger partial charge in [-0.3, -0.25) is 5.10 Å². The summed E-state index contributed by atoms with van der Waals surface area (Å²) >= 11 is 5.44. The summed E-state index contributed by atoms with van der Waals surface area (Å²) in [5, 5.41) is 3.17. The second kappa shape index (κ2) is 4.07. The number of aryl methyl sites for hydroxylation is 1. The molecule has 4 heteroatoms. The molecule has 3 rings (SSSR count). The van der Waals surface area contributed by atoms with Crippen LogP contribution in [-0.2, 0) is 0 Å². The second-order valence-corrected chi connectivity index (χ2v) is 4.73. The monoisotopic (exact) mass is 255 g/mol. The van der Waals surface area contributed by atoms with E-state index in [4.69, 9.17) is 12.2 Å². The van der Waals surface area contributed by atoms with Crippen LogP contribution in [-0.4, -0.2) is 14.6 Å². The van der Waals surface area contributed by atoms with E-state index in [0.29, 0.717) is 0 Å². The highest BCUT2D eigenvalue weighted by Crippen LogP contribution is 2.24. The number of fused-ring (bicyclic) bond motifs is 1. The Morgan fingerprint density at radius 3 is 2.61 bits per heavy atom. The van der Waals surface area contributed by atoms with Crippen LogP contribution in [0, 0.1) is 18.5 Å². The number of hydrogen-bond acceptors (Lipinski definition) is 2. The Balaban J connectivity index is 2.38. The molecular weight excluding hydrogens is 242 g/mol. The van der Waals surface area contributed by atoms with Gasteiger partial charge in [0.15, 0.2) is 5.65 Å². The van der Waals surface area contributed by atoms with Crippen LogP contribution >= 0.6 is 12.2 Å². The molecule has 1 N–H and O–H groups in total. The Morgan fingerprint density at radius 2 is 1.89 bits per heavy atom. The van der Waals surface area contributed by atoms with Crippen LogP contribution < -0.4 is 0 Å². The van der Waals surface area contributed by atoms with Crippen molar-refractivity contribution in [2.24, 2.45) is 0 Å². The van der Waals surface area contributed by atoms with Crippen molar-refractivity contribution in [2.75, 3.05) is 0 Å². The van der Waals surface area contributed by atoms with Crippen LogP contribution in [0.5, 0.6) is 0 Å². The predicted octanol–water partition coefficient (Wildman–Crippen LogP) is 3.68. The summed E-state index contributed by atoms with van der Waals surface area (Å²) in [6.07, 6.45) is 1.95. The van der Waals surface area contributed by atoms with Crippen molar-refractivity contribution in [2.45, 2.75) is 13.8 Å². The van der Waals surface area contributed by atoms with E-state index in [9.17, 15) is 0 Å². The lowest BCUT2D eigenvalue weighted by Crippen LogP contribution is -1.98. The molecule has 0 bridgehead atoms. The number of H-pyrrole nitrogens is 1. The third-order valence-corrected chi connectivity index (χ3v) is 3.70. The van der Waals surface area contributed by atoms with Crippen molar-refractivity contribution in [3.63, 3.8) is 0 Å². The second-order valence-electron chi connectivity index (χ2n) is 4.34. The molecule has 0 aliphatic rings. The van der Waals surface area contributed by atoms with E-state index < -0.39 is 0 Å². The molecule has 0 saturated heterocycles. The topological polar surface area (TPSA) is 33.1 Å². The molecule has 2 aromatic heterocycles. The normalized spacial score (nSPS) is 11.0. The summed E-state index contributed by atoms with van der Waals surface area (Å²) in [5.74, 6) is 0. The quantitative estimate of drug-likeness (QED) is 0.673. The number of aromatic nitrogens is 3. The number of nitrogens with zero attached hydrogens (tertiary/aromatic N) is 2. The molecular formula is C14H13N3S. The highest BCUT2D eigenvalue weighted by molar-refractivity contribution is 7.71. The van der Waals surface area contributed by atoms with Crippen LogP contribution in [0.1, 0.15) is 11.3 Å². The maximum Gasteiger partial charge on any atom is 0.162 e. The number of aromatic amines is 1. The molecule has 0 saturated carbocycles. The van der Waals surface area contributed by atoms with Crippen LogP contribution in [0.15, 0.2) is 36.5 Å². The summed E-state index contributed by atoms with van der Waals surface area (Å²) in [5.41, 5.74) is 5.13. The molecule has 18 heavy (non-hydrogen) atoms. The smallest absolute Gasteiger partial charge is 0.162 e. The standard InChI is InChI=1S/C14H13N3S/c1-9-10(2)16-13-12(8-15-17(13)14(9)18)11-6-4-3-5-7-11/h3-8,15H,1-2H3. The van der Waals surface area contributed by atoms with Gasteiger partial charge in [0.2, 0.25) is 0 Å². The minimum atomic E-state index is 0.791. The Morgan fingerprint density at radius 1 is 1.17 bits per heavy atom. The van der Waals surface area contributed by atoms with Crippen molar-refractivity contribution in [3.05, 3.63) is 52.4 Å². The van der Waals surface area contributed by atoms with Crippen LogP contribution in [0.2, 0.25) is 0 Å². The number of nitrogens with one attached hydrogen (secondary N) is 1. The molecule has 0 unspecified atom stereocenters. The van der Waals surface area contributed by atoms with E-state index in [1.54, 1.807) is 0 Å². The molecule has 0 amide bonds. The van der Waals surface area contributed by atoms with E-state index in [1.165, 1.54) is 0 Å². The van der Waals surface area contributed by atoms with Gasteiger partial charge >= 0.3 is 0 Å². The third kappa shape index (κ3) is 1.57. The molecule has 0 radical (unpaired) electrons. The molecule has 0 fully saturated rings. The van der Waals surface area contributed by atoms with Gasteiger partial charge in [0.1, 0.15) is 4.64 Å². The summed E-state index contributed by atoms with van der Waals surface area (Å²) in [7, 11) is 0. The zero-order valence-corrected chi connectivity index (χ0v) is 11.1. The first kappa shape index (κ1) is 11.2. The number of hydrogen-bond donors (Lipinski definition) is 1. The van der Waals surface area contributed by atoms with E-state index in [0.717, 1.165) is 32.7 Å². The van der Waals surface area contributed by atoms with Gasteiger partial charge in [0.25, 0.3) is 0 Å². The van der Waals surface area contributed by atoms with Gasteiger partial charge in [0.05, 0.1) is 0 Å². The molecule has 0 spiro atoms. The Bertz CT molecular complexity index is 769. The molecule has 3 aromatic rings. The molecule has 0 aliphatic heterocycles. The number of benzene rings is 1. The first-order valence-electron chi connectivity index (χ1n) is 5.81. The van der Waals surface area contributed by atoms with E-state index in [1.807, 2.05) is 42.8 Å². The first-order valence-corrected chi connectivity index (χ1v) is 6.22. The van der Waals surface area contributed by atoms with Crippen molar-refractivity contribution >= 4 is 17.9 Å². The van der Waals surface area contributed by atoms with E-state index in [-0.39, 0.29) is 0 Å². The lowest BCUT2D eigenvalue weighted by atomic mass is 10.1. The first-order chi connectivity index (χ1) is 8.68. The summed E-state index contributed by atoms with van der Waals surface area (Å²) in [4.78, 5) is 4.64. The summed E-state index contributed by atoms with van der Waals surface area (Å²) in [6.45, 7) is 3.99. The van der Waals surface area contributed by atoms with E-state index >= 15 is 0 Å². The Kier molecular flexibility index (Phi) is 2.52. The average Bonchev–Trinajstić information content (AvgIpc) is 2.81. The summed E-state index contributed by atoms with van der Waals surface area (Å²) < 4.78 is 2.65. The Hall–Kier alpha value is -1.94. The van der Waals surface area contributed by atoms with E-state index in [2.05, 4.69) is 22.2 Å². The molecule has 90 valence electrons. The van der Waals surface area contributed by atoms with Gasteiger partial charge in [-0.05, 0) is 19.4 Å². The van der Waals surface area contributed by atoms with Gasteiger partial charge in [-0.25, -0.2) is 9.50 Å². The largest absolute Gasteiger partial charge is 0.298 e. The number of rotatable bonds is 1. The fourth-order valence-electron chi connectivity index (χ4n) is 2.04. The van der Waals surface area contributed by atoms with Gasteiger partial charge in [-0.15, -0.1) is 0 Å². The zero-order valence-electron chi connectivity index (χ0n) is 10.3. The van der Waals surface area contributed by atoms with Crippen LogP contribution in [0.4, 0.5) is 0 Å². The molecule has 2 heterocycles. The van der Waals surface area contributed by atoms with Gasteiger partial charge in [-0.2, -0.15) is 0 Å². The van der Waals surface area contributed by atoms with Crippen molar-refractivity contribution in [1.29, 1.82) is 0 Å². The van der Waals surface area contributed by atoms with Crippen LogP contribution in [0.25, 0.3) is 16.8 Å². The summed E-state index contributed by atoms with van der Waals surface area (Å²) in [6, 6.07) is 10.2. The molecule has 0 atom stereocenters. The van der Waals surface area contributed by atoms with Gasteiger partial charge in [0, 0.05) is 23.0 Å². The maximum atomic E-state index is 5.44. The van der Waals surface area contributed by atoms with Crippen LogP contribution in [0.3, 0.4) is 0 Å². The van der Waals surface area contributed by atoms with Gasteiger partial charge in [-0.1, -0.05) is 42.5 Å². The minimum Gasteiger partial charge on any atom is -0.298 e. The molecule has 3 nitrogen and oxygen atoms in total.